The van der Waals surface area contributed by atoms with Gasteiger partial charge in [0.05, 0.1) is 11.9 Å². The summed E-state index contributed by atoms with van der Waals surface area (Å²) in [6.45, 7) is 0. The molecular formula is C29H23N3. The van der Waals surface area contributed by atoms with Crippen molar-refractivity contribution in [2.24, 2.45) is 0 Å². The van der Waals surface area contributed by atoms with Crippen LogP contribution in [0.1, 0.15) is 0 Å². The van der Waals surface area contributed by atoms with Crippen LogP contribution in [0.2, 0.25) is 0 Å². The first-order valence-electron chi connectivity index (χ1n) is 10.6. The molecule has 4 aromatic carbocycles. The lowest BCUT2D eigenvalue weighted by atomic mass is 10.0. The van der Waals surface area contributed by atoms with Gasteiger partial charge in [-0.1, -0.05) is 66.7 Å². The number of hydrogen-bond acceptors (Lipinski definition) is 3. The number of para-hydroxylation sites is 1. The van der Waals surface area contributed by atoms with Gasteiger partial charge in [-0.05, 0) is 65.7 Å². The Hall–Kier alpha value is -4.37. The molecule has 3 nitrogen and oxygen atoms in total. The molecule has 5 aromatic rings. The van der Waals surface area contributed by atoms with Crippen LogP contribution < -0.4 is 10.2 Å². The SMILES string of the molecule is c1ccc(Nc2cccc(N(c3cccnc3)c3cccc(-c4ccccc4)c3)c2)cc1. The van der Waals surface area contributed by atoms with E-state index in [-0.39, 0.29) is 0 Å². The van der Waals surface area contributed by atoms with Gasteiger partial charge in [0, 0.05) is 28.9 Å². The van der Waals surface area contributed by atoms with Gasteiger partial charge in [0.2, 0.25) is 0 Å². The van der Waals surface area contributed by atoms with Crippen molar-refractivity contribution in [2.75, 3.05) is 10.2 Å². The van der Waals surface area contributed by atoms with Gasteiger partial charge in [0.1, 0.15) is 0 Å². The van der Waals surface area contributed by atoms with E-state index in [0.717, 1.165) is 28.4 Å². The van der Waals surface area contributed by atoms with Crippen LogP contribution in [0.4, 0.5) is 28.4 Å². The second kappa shape index (κ2) is 9.19. The average molecular weight is 414 g/mol. The Balaban J connectivity index is 1.57. The lowest BCUT2D eigenvalue weighted by molar-refractivity contribution is 1.23. The molecule has 0 saturated heterocycles. The fraction of sp³-hybridized carbons (Fsp3) is 0. The molecule has 0 radical (unpaired) electrons. The van der Waals surface area contributed by atoms with E-state index in [1.165, 1.54) is 11.1 Å². The maximum absolute atomic E-state index is 4.37. The Kier molecular flexibility index (Phi) is 5.62. The van der Waals surface area contributed by atoms with Crippen molar-refractivity contribution in [1.29, 1.82) is 0 Å². The first kappa shape index (κ1) is 19.6. The van der Waals surface area contributed by atoms with E-state index >= 15 is 0 Å². The first-order chi connectivity index (χ1) is 15.9. The molecule has 1 aromatic heterocycles. The monoisotopic (exact) mass is 413 g/mol. The predicted molar refractivity (Wildman–Crippen MR) is 134 cm³/mol. The van der Waals surface area contributed by atoms with E-state index < -0.39 is 0 Å². The molecule has 0 saturated carbocycles. The van der Waals surface area contributed by atoms with Crippen LogP contribution >= 0.6 is 0 Å². The van der Waals surface area contributed by atoms with Gasteiger partial charge >= 0.3 is 0 Å². The minimum Gasteiger partial charge on any atom is -0.355 e. The summed E-state index contributed by atoms with van der Waals surface area (Å²) in [5.74, 6) is 0. The summed E-state index contributed by atoms with van der Waals surface area (Å²) in [5.41, 5.74) is 7.61. The number of nitrogens with one attached hydrogen (secondary N) is 1. The predicted octanol–water partition coefficient (Wildman–Crippen LogP) is 7.96. The molecule has 0 atom stereocenters. The molecule has 0 bridgehead atoms. The molecule has 1 N–H and O–H groups in total. The van der Waals surface area contributed by atoms with Gasteiger partial charge in [0.25, 0.3) is 0 Å². The molecule has 0 aliphatic heterocycles. The van der Waals surface area contributed by atoms with Gasteiger partial charge in [0.15, 0.2) is 0 Å². The van der Waals surface area contributed by atoms with Gasteiger partial charge in [-0.15, -0.1) is 0 Å². The second-order valence-corrected chi connectivity index (χ2v) is 7.50. The largest absolute Gasteiger partial charge is 0.355 e. The lowest BCUT2D eigenvalue weighted by Crippen LogP contribution is -2.10. The number of benzene rings is 4. The zero-order chi connectivity index (χ0) is 21.6. The minimum atomic E-state index is 1.01. The molecule has 5 rings (SSSR count). The number of rotatable bonds is 6. The van der Waals surface area contributed by atoms with Crippen molar-refractivity contribution in [3.63, 3.8) is 0 Å². The standard InChI is InChI=1S/C29H23N3/c1-3-10-23(11-4-1)24-12-7-16-27(20-24)32(29-18-9-19-30-22-29)28-17-8-15-26(21-28)31-25-13-5-2-6-14-25/h1-22,31H. The van der Waals surface area contributed by atoms with Crippen LogP contribution in [-0.4, -0.2) is 4.98 Å². The van der Waals surface area contributed by atoms with Crippen molar-refractivity contribution in [3.8, 4) is 11.1 Å². The minimum absolute atomic E-state index is 1.01. The van der Waals surface area contributed by atoms with Crippen molar-refractivity contribution >= 4 is 28.4 Å². The van der Waals surface area contributed by atoms with Gasteiger partial charge < -0.3 is 10.2 Å². The van der Waals surface area contributed by atoms with E-state index in [4.69, 9.17) is 0 Å². The Labute approximate surface area is 188 Å². The zero-order valence-corrected chi connectivity index (χ0v) is 17.6. The normalized spacial score (nSPS) is 10.5. The van der Waals surface area contributed by atoms with Crippen molar-refractivity contribution in [2.45, 2.75) is 0 Å². The highest BCUT2D eigenvalue weighted by Crippen LogP contribution is 2.37. The molecule has 0 aliphatic carbocycles. The van der Waals surface area contributed by atoms with E-state index in [9.17, 15) is 0 Å². The Morgan fingerprint density at radius 2 is 1.12 bits per heavy atom. The van der Waals surface area contributed by atoms with Crippen molar-refractivity contribution in [3.05, 3.63) is 134 Å². The fourth-order valence-electron chi connectivity index (χ4n) is 3.80. The molecule has 1 heterocycles. The average Bonchev–Trinajstić information content (AvgIpc) is 2.87. The molecule has 0 unspecified atom stereocenters. The van der Waals surface area contributed by atoms with Crippen LogP contribution in [0, 0.1) is 0 Å². The summed E-state index contributed by atoms with van der Waals surface area (Å²) in [7, 11) is 0. The lowest BCUT2D eigenvalue weighted by Gasteiger charge is -2.26. The van der Waals surface area contributed by atoms with Crippen LogP contribution in [0.3, 0.4) is 0 Å². The van der Waals surface area contributed by atoms with E-state index in [1.807, 2.05) is 36.5 Å². The number of hydrogen-bond donors (Lipinski definition) is 1. The first-order valence-corrected chi connectivity index (χ1v) is 10.6. The third kappa shape index (κ3) is 4.37. The Morgan fingerprint density at radius 3 is 1.88 bits per heavy atom. The highest BCUT2D eigenvalue weighted by atomic mass is 15.1. The molecule has 0 aliphatic rings. The van der Waals surface area contributed by atoms with E-state index in [2.05, 4.69) is 106 Å². The van der Waals surface area contributed by atoms with Crippen LogP contribution in [-0.2, 0) is 0 Å². The summed E-state index contributed by atoms with van der Waals surface area (Å²) >= 11 is 0. The van der Waals surface area contributed by atoms with Crippen LogP contribution in [0.15, 0.2) is 134 Å². The van der Waals surface area contributed by atoms with Crippen molar-refractivity contribution in [1.82, 2.24) is 4.98 Å². The van der Waals surface area contributed by atoms with Crippen LogP contribution in [0.25, 0.3) is 11.1 Å². The maximum atomic E-state index is 4.37. The molecule has 0 fully saturated rings. The summed E-state index contributed by atoms with van der Waals surface area (Å²) in [6.07, 6.45) is 3.70. The van der Waals surface area contributed by atoms with Crippen molar-refractivity contribution < 1.29 is 0 Å². The quantitative estimate of drug-likeness (QED) is 0.306. The Bertz CT molecular complexity index is 1290. The Morgan fingerprint density at radius 1 is 0.500 bits per heavy atom. The molecule has 0 amide bonds. The third-order valence-corrected chi connectivity index (χ3v) is 5.28. The molecule has 0 spiro atoms. The number of anilines is 5. The smallest absolute Gasteiger partial charge is 0.0644 e. The topological polar surface area (TPSA) is 28.2 Å². The number of nitrogens with zero attached hydrogens (tertiary/aromatic N) is 2. The molecule has 3 heteroatoms. The number of pyridine rings is 1. The summed E-state index contributed by atoms with van der Waals surface area (Å²) < 4.78 is 0. The third-order valence-electron chi connectivity index (χ3n) is 5.28. The summed E-state index contributed by atoms with van der Waals surface area (Å²) in [5, 5.41) is 3.50. The van der Waals surface area contributed by atoms with E-state index in [0.29, 0.717) is 0 Å². The highest BCUT2D eigenvalue weighted by Gasteiger charge is 2.14. The van der Waals surface area contributed by atoms with Gasteiger partial charge in [-0.3, -0.25) is 4.98 Å². The molecule has 154 valence electrons. The second-order valence-electron chi connectivity index (χ2n) is 7.50. The molecule has 32 heavy (non-hydrogen) atoms. The van der Waals surface area contributed by atoms with Gasteiger partial charge in [-0.25, -0.2) is 0 Å². The summed E-state index contributed by atoms with van der Waals surface area (Å²) in [4.78, 5) is 6.60. The molecular weight excluding hydrogens is 390 g/mol. The highest BCUT2D eigenvalue weighted by molar-refractivity contribution is 5.81. The van der Waals surface area contributed by atoms with Gasteiger partial charge in [-0.2, -0.15) is 0 Å². The fourth-order valence-corrected chi connectivity index (χ4v) is 3.80. The van der Waals surface area contributed by atoms with E-state index in [1.54, 1.807) is 6.20 Å². The summed E-state index contributed by atoms with van der Waals surface area (Å²) in [6, 6.07) is 41.8. The zero-order valence-electron chi connectivity index (χ0n) is 17.6. The maximum Gasteiger partial charge on any atom is 0.0644 e. The number of aromatic nitrogens is 1. The van der Waals surface area contributed by atoms with Crippen LogP contribution in [0.5, 0.6) is 0 Å².